The molecule has 1 spiro atoms. The Morgan fingerprint density at radius 3 is 2.53 bits per heavy atom. The third kappa shape index (κ3) is 7.42. The average Bonchev–Trinajstić information content (AvgIpc) is 3.19. The maximum absolute atomic E-state index is 14.9. The van der Waals surface area contributed by atoms with E-state index < -0.39 is 90.8 Å². The minimum absolute atomic E-state index is 0.0493. The lowest BCUT2D eigenvalue weighted by Gasteiger charge is -2.59. The Morgan fingerprint density at radius 1 is 1.04 bits per heavy atom. The van der Waals surface area contributed by atoms with Gasteiger partial charge >= 0.3 is 24.1 Å². The van der Waals surface area contributed by atoms with Crippen LogP contribution in [-0.2, 0) is 47.8 Å². The molecule has 0 unspecified atom stereocenters. The van der Waals surface area contributed by atoms with Gasteiger partial charge in [0.15, 0.2) is 35.9 Å². The van der Waals surface area contributed by atoms with Gasteiger partial charge in [0.25, 0.3) is 0 Å². The van der Waals surface area contributed by atoms with Crippen LogP contribution >= 0.6 is 0 Å². The summed E-state index contributed by atoms with van der Waals surface area (Å²) in [7, 11) is 0. The molecule has 0 aromatic carbocycles. The molecule has 1 saturated carbocycles. The number of carbonyl (C=O) groups is 4. The number of hydrogen-bond acceptors (Lipinski definition) is 13. The molecule has 5 saturated heterocycles. The fourth-order valence-electron chi connectivity index (χ4n) is 8.36. The zero-order chi connectivity index (χ0) is 36.7. The van der Waals surface area contributed by atoms with Crippen LogP contribution in [0.15, 0.2) is 11.6 Å². The molecule has 6 heterocycles. The number of aliphatic hydroxyl groups is 1. The normalized spacial score (nSPS) is 40.2. The molecular weight excluding hydrogens is 677 g/mol. The van der Waals surface area contributed by atoms with E-state index in [2.05, 4.69) is 17.6 Å². The van der Waals surface area contributed by atoms with Gasteiger partial charge in [-0.1, -0.05) is 33.6 Å². The molecule has 6 fully saturated rings. The summed E-state index contributed by atoms with van der Waals surface area (Å²) in [6, 6.07) is -0.859. The second-order valence-electron chi connectivity index (χ2n) is 14.7. The maximum Gasteiger partial charge on any atom is 0.412 e. The van der Waals surface area contributed by atoms with E-state index in [4.69, 9.17) is 38.2 Å². The molecule has 2 bridgehead atoms. The Morgan fingerprint density at radius 2 is 1.78 bits per heavy atom. The quantitative estimate of drug-likeness (QED) is 0.121. The zero-order valence-electron chi connectivity index (χ0n) is 29.7. The van der Waals surface area contributed by atoms with Crippen molar-refractivity contribution in [3.63, 3.8) is 0 Å². The van der Waals surface area contributed by atoms with Gasteiger partial charge in [-0.2, -0.15) is 0 Å². The number of aliphatic hydroxyl groups excluding tert-OH is 1. The van der Waals surface area contributed by atoms with Gasteiger partial charge in [0.2, 0.25) is 12.1 Å². The van der Waals surface area contributed by atoms with Crippen LogP contribution in [0.4, 0.5) is 14.0 Å². The molecule has 3 amide bonds. The minimum Gasteiger partial charge on any atom is -0.457 e. The molecule has 7 rings (SSSR count). The van der Waals surface area contributed by atoms with Crippen molar-refractivity contribution in [3.8, 4) is 0 Å². The molecule has 51 heavy (non-hydrogen) atoms. The number of esters is 2. The SMILES string of the molecule is CCCCCOC(=O)NC1=C(F)CN([C@H]2O[C@H](C)[C@@H](OC(=O)CCC(=O)O[C@@H]3O[C@@H]4O[C@@]5(C)CC[C@H]6[C@H](C)CC[C@@H]([C@H]3C)[C@@]46OO5)[C@H]2O)C(=O)N1. The largest absolute Gasteiger partial charge is 0.457 e. The number of halogens is 1. The predicted octanol–water partition coefficient (Wildman–Crippen LogP) is 3.62. The highest BCUT2D eigenvalue weighted by molar-refractivity contribution is 5.80. The van der Waals surface area contributed by atoms with E-state index in [1.165, 1.54) is 6.92 Å². The Balaban J connectivity index is 0.990. The second-order valence-corrected chi connectivity index (χ2v) is 14.7. The average molecular weight is 728 g/mol. The summed E-state index contributed by atoms with van der Waals surface area (Å²) in [6.45, 7) is 8.99. The molecule has 16 nitrogen and oxygen atoms in total. The standard InChI is InChI=1S/C34H50FN3O13/c1-6-7-8-15-44-32(43)37-27-22(35)16-38(31(42)36-27)28-25(41)26(19(4)45-28)46-23(39)11-12-24(40)47-29-18(3)21-10-9-17(2)20-13-14-33(5)49-30(48-29)34(20,21)51-50-33/h17-21,25-26,28-30,41H,6-16H2,1-5H3,(H,36,42)(H,37,43)/t17-,18-,19-,20+,21+,25-,26-,28+,29-,30-,33-,34-/m1/s1. The van der Waals surface area contributed by atoms with Crippen LogP contribution in [0.5, 0.6) is 0 Å². The Kier molecular flexibility index (Phi) is 11.2. The zero-order valence-corrected chi connectivity index (χ0v) is 29.7. The van der Waals surface area contributed by atoms with Gasteiger partial charge in [-0.3, -0.25) is 25.1 Å². The summed E-state index contributed by atoms with van der Waals surface area (Å²) < 4.78 is 49.4. The molecule has 17 heteroatoms. The monoisotopic (exact) mass is 727 g/mol. The van der Waals surface area contributed by atoms with Crippen LogP contribution in [0.3, 0.4) is 0 Å². The van der Waals surface area contributed by atoms with Crippen molar-refractivity contribution in [2.24, 2.45) is 23.7 Å². The summed E-state index contributed by atoms with van der Waals surface area (Å²) >= 11 is 0. The lowest BCUT2D eigenvalue weighted by Crippen LogP contribution is -2.70. The highest BCUT2D eigenvalue weighted by atomic mass is 19.1. The number of rotatable bonds is 11. The number of urea groups is 1. The summed E-state index contributed by atoms with van der Waals surface area (Å²) in [5, 5.41) is 15.4. The first-order valence-electron chi connectivity index (χ1n) is 18.1. The van der Waals surface area contributed by atoms with Crippen molar-refractivity contribution in [1.82, 2.24) is 15.5 Å². The molecule has 1 aliphatic carbocycles. The van der Waals surface area contributed by atoms with Crippen molar-refractivity contribution < 1.29 is 66.9 Å². The van der Waals surface area contributed by atoms with Gasteiger partial charge in [-0.15, -0.1) is 0 Å². The molecule has 0 aromatic heterocycles. The maximum atomic E-state index is 14.9. The number of alkyl carbamates (subject to hydrolysis) is 1. The van der Waals surface area contributed by atoms with Crippen LogP contribution in [0.1, 0.15) is 92.4 Å². The number of ether oxygens (including phenoxy) is 6. The van der Waals surface area contributed by atoms with Gasteiger partial charge in [-0.25, -0.2) is 23.8 Å². The number of nitrogens with zero attached hydrogens (tertiary/aromatic N) is 1. The van der Waals surface area contributed by atoms with Gasteiger partial charge < -0.3 is 33.5 Å². The number of unbranched alkanes of at least 4 members (excludes halogenated alkanes) is 2. The minimum atomic E-state index is -1.54. The van der Waals surface area contributed by atoms with Crippen molar-refractivity contribution >= 4 is 24.1 Å². The van der Waals surface area contributed by atoms with Crippen molar-refractivity contribution in [1.29, 1.82) is 0 Å². The summed E-state index contributed by atoms with van der Waals surface area (Å²) in [5.74, 6) is -3.61. The molecule has 0 aromatic rings. The van der Waals surface area contributed by atoms with Crippen LogP contribution in [0, 0.1) is 23.7 Å². The molecule has 286 valence electrons. The third-order valence-corrected chi connectivity index (χ3v) is 11.2. The van der Waals surface area contributed by atoms with Crippen LogP contribution in [0.2, 0.25) is 0 Å². The number of fused-ring (bicyclic) bond motifs is 2. The van der Waals surface area contributed by atoms with Gasteiger partial charge in [0.05, 0.1) is 32.1 Å². The molecule has 6 aliphatic heterocycles. The van der Waals surface area contributed by atoms with Crippen LogP contribution in [-0.4, -0.2) is 95.7 Å². The van der Waals surface area contributed by atoms with Gasteiger partial charge in [0.1, 0.15) is 6.10 Å². The fraction of sp³-hybridized carbons (Fsp3) is 0.824. The molecule has 12 atom stereocenters. The number of amides is 3. The first kappa shape index (κ1) is 37.7. The third-order valence-electron chi connectivity index (χ3n) is 11.2. The molecule has 7 aliphatic rings. The summed E-state index contributed by atoms with van der Waals surface area (Å²) in [4.78, 5) is 63.5. The van der Waals surface area contributed by atoms with E-state index in [0.717, 1.165) is 37.0 Å². The Hall–Kier alpha value is -3.09. The topological polar surface area (TPSA) is 190 Å². The highest BCUT2D eigenvalue weighted by Gasteiger charge is 2.70. The summed E-state index contributed by atoms with van der Waals surface area (Å²) in [6.07, 6.45) is -2.60. The van der Waals surface area contributed by atoms with E-state index in [1.807, 2.05) is 13.8 Å². The molecular formula is C34H50FN3O13. The smallest absolute Gasteiger partial charge is 0.412 e. The van der Waals surface area contributed by atoms with E-state index >= 15 is 0 Å². The predicted molar refractivity (Wildman–Crippen MR) is 170 cm³/mol. The molecule has 3 N–H and O–H groups in total. The van der Waals surface area contributed by atoms with E-state index in [0.29, 0.717) is 18.8 Å². The first-order chi connectivity index (χ1) is 24.3. The lowest BCUT2D eigenvalue weighted by atomic mass is 9.58. The second kappa shape index (κ2) is 15.1. The molecule has 0 radical (unpaired) electrons. The number of carbonyl (C=O) groups excluding carboxylic acids is 4. The Labute approximate surface area is 295 Å². The van der Waals surface area contributed by atoms with Crippen molar-refractivity contribution in [2.75, 3.05) is 13.2 Å². The van der Waals surface area contributed by atoms with Gasteiger partial charge in [-0.05, 0) is 51.4 Å². The lowest BCUT2D eigenvalue weighted by molar-refractivity contribution is -0.576. The van der Waals surface area contributed by atoms with Crippen molar-refractivity contribution in [3.05, 3.63) is 11.6 Å². The van der Waals surface area contributed by atoms with Crippen LogP contribution < -0.4 is 10.6 Å². The number of nitrogens with one attached hydrogen (secondary N) is 2. The van der Waals surface area contributed by atoms with E-state index in [9.17, 15) is 28.7 Å². The van der Waals surface area contributed by atoms with Gasteiger partial charge in [0, 0.05) is 18.3 Å². The first-order valence-corrected chi connectivity index (χ1v) is 18.1. The van der Waals surface area contributed by atoms with E-state index in [1.54, 1.807) is 6.92 Å². The van der Waals surface area contributed by atoms with Crippen molar-refractivity contribution in [2.45, 2.75) is 141 Å². The summed E-state index contributed by atoms with van der Waals surface area (Å²) in [5.41, 5.74) is -0.809. The van der Waals surface area contributed by atoms with Crippen LogP contribution in [0.25, 0.3) is 0 Å². The fourth-order valence-corrected chi connectivity index (χ4v) is 8.36. The highest BCUT2D eigenvalue weighted by Crippen LogP contribution is 2.60. The Bertz CT molecular complexity index is 1380. The number of hydrogen-bond donors (Lipinski definition) is 3. The van der Waals surface area contributed by atoms with E-state index in [-0.39, 0.29) is 37.2 Å².